The molecule has 2 heterocycles. The molecule has 3 rings (SSSR count). The van der Waals surface area contributed by atoms with Crippen LogP contribution >= 0.6 is 0 Å². The minimum Gasteiger partial charge on any atom is -0.357 e. The van der Waals surface area contributed by atoms with E-state index < -0.39 is 0 Å². The molecule has 2 atom stereocenters. The summed E-state index contributed by atoms with van der Waals surface area (Å²) in [4.78, 5) is 11.7. The molecule has 146 valence electrons. The van der Waals surface area contributed by atoms with Crippen LogP contribution in [0.4, 0.5) is 0 Å². The normalized spacial score (nSPS) is 21.3. The third kappa shape index (κ3) is 4.71. The number of aromatic nitrogens is 2. The fourth-order valence-electron chi connectivity index (χ4n) is 3.77. The van der Waals surface area contributed by atoms with E-state index in [2.05, 4.69) is 84.0 Å². The van der Waals surface area contributed by atoms with Crippen molar-refractivity contribution >= 4 is 5.96 Å². The van der Waals surface area contributed by atoms with Crippen molar-refractivity contribution in [2.24, 2.45) is 10.9 Å². The van der Waals surface area contributed by atoms with Crippen molar-refractivity contribution < 1.29 is 0 Å². The Morgan fingerprint density at radius 2 is 2.07 bits per heavy atom. The van der Waals surface area contributed by atoms with E-state index in [1.807, 2.05) is 12.5 Å². The number of imidazole rings is 1. The van der Waals surface area contributed by atoms with Gasteiger partial charge < -0.3 is 14.8 Å². The van der Waals surface area contributed by atoms with Gasteiger partial charge in [0, 0.05) is 37.4 Å². The van der Waals surface area contributed by atoms with Crippen LogP contribution in [0, 0.1) is 5.92 Å². The van der Waals surface area contributed by atoms with Crippen LogP contribution in [-0.4, -0.2) is 46.6 Å². The van der Waals surface area contributed by atoms with Gasteiger partial charge in [0.05, 0.1) is 18.9 Å². The maximum atomic E-state index is 5.03. The second-order valence-electron chi connectivity index (χ2n) is 8.21. The number of piperidine rings is 1. The van der Waals surface area contributed by atoms with Crippen molar-refractivity contribution in [3.05, 3.63) is 54.6 Å². The molecule has 2 unspecified atom stereocenters. The number of hydrogen-bond acceptors (Lipinski definition) is 2. The number of rotatable bonds is 5. The Morgan fingerprint density at radius 3 is 2.74 bits per heavy atom. The van der Waals surface area contributed by atoms with E-state index >= 15 is 0 Å². The third-order valence-electron chi connectivity index (χ3n) is 5.64. The number of benzene rings is 1. The van der Waals surface area contributed by atoms with Crippen molar-refractivity contribution in [3.63, 3.8) is 0 Å². The summed E-state index contributed by atoms with van der Waals surface area (Å²) in [5.74, 6) is 1.66. The number of guanidine groups is 1. The van der Waals surface area contributed by atoms with Crippen LogP contribution in [0.15, 0.2) is 54.0 Å². The largest absolute Gasteiger partial charge is 0.357 e. The van der Waals surface area contributed by atoms with Gasteiger partial charge in [0.2, 0.25) is 0 Å². The zero-order valence-electron chi connectivity index (χ0n) is 17.1. The average Bonchev–Trinajstić information content (AvgIpc) is 3.21. The summed E-state index contributed by atoms with van der Waals surface area (Å²) in [5.41, 5.74) is 1.34. The Bertz CT molecular complexity index is 720. The van der Waals surface area contributed by atoms with Crippen molar-refractivity contribution in [2.75, 3.05) is 26.2 Å². The standard InChI is InChI=1S/C22H33N5/c1-5-24-21(25-16-22(3,4)19-9-7-6-8-10-19)26-13-11-18(2)20(15-26)27-14-12-23-17-27/h6-10,12,14,17-18,20H,5,11,13,15-16H2,1-4H3,(H,24,25). The van der Waals surface area contributed by atoms with Gasteiger partial charge in [-0.15, -0.1) is 0 Å². The molecule has 1 fully saturated rings. The summed E-state index contributed by atoms with van der Waals surface area (Å²) >= 11 is 0. The fourth-order valence-corrected chi connectivity index (χ4v) is 3.77. The van der Waals surface area contributed by atoms with Gasteiger partial charge in [0.15, 0.2) is 5.96 Å². The number of hydrogen-bond donors (Lipinski definition) is 1. The molecule has 1 aliphatic heterocycles. The van der Waals surface area contributed by atoms with Gasteiger partial charge in [-0.2, -0.15) is 0 Å². The molecule has 0 radical (unpaired) electrons. The van der Waals surface area contributed by atoms with E-state index in [9.17, 15) is 0 Å². The highest BCUT2D eigenvalue weighted by Gasteiger charge is 2.29. The molecule has 27 heavy (non-hydrogen) atoms. The number of nitrogens with zero attached hydrogens (tertiary/aromatic N) is 4. The van der Waals surface area contributed by atoms with Crippen molar-refractivity contribution in [1.82, 2.24) is 19.8 Å². The molecule has 5 nitrogen and oxygen atoms in total. The second-order valence-corrected chi connectivity index (χ2v) is 8.21. The lowest BCUT2D eigenvalue weighted by atomic mass is 9.85. The Hall–Kier alpha value is -2.30. The van der Waals surface area contributed by atoms with Crippen LogP contribution in [0.1, 0.15) is 45.7 Å². The molecule has 1 aliphatic rings. The molecule has 1 aromatic carbocycles. The van der Waals surface area contributed by atoms with Crippen molar-refractivity contribution in [3.8, 4) is 0 Å². The molecule has 1 saturated heterocycles. The summed E-state index contributed by atoms with van der Waals surface area (Å²) in [6.45, 7) is 12.7. The molecule has 1 N–H and O–H groups in total. The number of aliphatic imine (C=N–C) groups is 1. The number of nitrogens with one attached hydrogen (secondary N) is 1. The van der Waals surface area contributed by atoms with Gasteiger partial charge in [-0.3, -0.25) is 4.99 Å². The fraction of sp³-hybridized carbons (Fsp3) is 0.545. The molecular weight excluding hydrogens is 334 g/mol. The molecule has 2 aromatic rings. The van der Waals surface area contributed by atoms with Gasteiger partial charge in [0.25, 0.3) is 0 Å². The second kappa shape index (κ2) is 8.59. The van der Waals surface area contributed by atoms with E-state index in [0.29, 0.717) is 12.0 Å². The van der Waals surface area contributed by atoms with Crippen LogP contribution < -0.4 is 5.32 Å². The lowest BCUT2D eigenvalue weighted by Gasteiger charge is -2.39. The van der Waals surface area contributed by atoms with Gasteiger partial charge >= 0.3 is 0 Å². The summed E-state index contributed by atoms with van der Waals surface area (Å²) < 4.78 is 2.24. The molecule has 0 amide bonds. The van der Waals surface area contributed by atoms with Crippen molar-refractivity contribution in [1.29, 1.82) is 0 Å². The smallest absolute Gasteiger partial charge is 0.194 e. The topological polar surface area (TPSA) is 45.5 Å². The van der Waals surface area contributed by atoms with E-state index in [4.69, 9.17) is 4.99 Å². The average molecular weight is 368 g/mol. The van der Waals surface area contributed by atoms with Gasteiger partial charge in [-0.1, -0.05) is 51.1 Å². The van der Waals surface area contributed by atoms with Gasteiger partial charge in [-0.05, 0) is 24.8 Å². The molecule has 1 aromatic heterocycles. The minimum absolute atomic E-state index is 0.00869. The Balaban J connectivity index is 1.75. The van der Waals surface area contributed by atoms with E-state index in [-0.39, 0.29) is 5.41 Å². The molecule has 5 heteroatoms. The Morgan fingerprint density at radius 1 is 1.30 bits per heavy atom. The first kappa shape index (κ1) is 19.5. The highest BCUT2D eigenvalue weighted by atomic mass is 15.3. The van der Waals surface area contributed by atoms with Crippen LogP contribution in [-0.2, 0) is 5.41 Å². The first-order chi connectivity index (χ1) is 13.0. The summed E-state index contributed by atoms with van der Waals surface area (Å²) in [6.07, 6.45) is 7.04. The minimum atomic E-state index is 0.00869. The highest BCUT2D eigenvalue weighted by molar-refractivity contribution is 5.80. The van der Waals surface area contributed by atoms with Crippen molar-refractivity contribution in [2.45, 2.75) is 45.6 Å². The van der Waals surface area contributed by atoms with Crippen LogP contribution in [0.25, 0.3) is 0 Å². The molecule has 0 saturated carbocycles. The number of likely N-dealkylation sites (tertiary alicyclic amines) is 1. The summed E-state index contributed by atoms with van der Waals surface area (Å²) in [7, 11) is 0. The zero-order chi connectivity index (χ0) is 19.3. The quantitative estimate of drug-likeness (QED) is 0.647. The summed E-state index contributed by atoms with van der Waals surface area (Å²) in [5, 5.41) is 3.51. The lowest BCUT2D eigenvalue weighted by Crippen LogP contribution is -2.49. The molecule has 0 aliphatic carbocycles. The Labute approximate surface area is 163 Å². The summed E-state index contributed by atoms with van der Waals surface area (Å²) in [6, 6.07) is 11.1. The lowest BCUT2D eigenvalue weighted by molar-refractivity contribution is 0.188. The van der Waals surface area contributed by atoms with Gasteiger partial charge in [-0.25, -0.2) is 4.98 Å². The predicted molar refractivity (Wildman–Crippen MR) is 112 cm³/mol. The predicted octanol–water partition coefficient (Wildman–Crippen LogP) is 3.71. The molecule has 0 bridgehead atoms. The van der Waals surface area contributed by atoms with Crippen LogP contribution in [0.2, 0.25) is 0 Å². The van der Waals surface area contributed by atoms with E-state index in [1.165, 1.54) is 5.56 Å². The Kier molecular flexibility index (Phi) is 6.19. The zero-order valence-corrected chi connectivity index (χ0v) is 17.1. The van der Waals surface area contributed by atoms with Crippen LogP contribution in [0.5, 0.6) is 0 Å². The van der Waals surface area contributed by atoms with E-state index in [1.54, 1.807) is 0 Å². The van der Waals surface area contributed by atoms with Crippen LogP contribution in [0.3, 0.4) is 0 Å². The highest BCUT2D eigenvalue weighted by Crippen LogP contribution is 2.28. The maximum absolute atomic E-state index is 5.03. The first-order valence-corrected chi connectivity index (χ1v) is 10.1. The SMILES string of the molecule is CCNC(=NCC(C)(C)c1ccccc1)N1CCC(C)C(n2ccnc2)C1. The maximum Gasteiger partial charge on any atom is 0.194 e. The van der Waals surface area contributed by atoms with Gasteiger partial charge in [0.1, 0.15) is 0 Å². The first-order valence-electron chi connectivity index (χ1n) is 10.1. The molecular formula is C22H33N5. The van der Waals surface area contributed by atoms with E-state index in [0.717, 1.165) is 38.6 Å². The monoisotopic (exact) mass is 367 g/mol. The molecule has 0 spiro atoms. The third-order valence-corrected chi connectivity index (χ3v) is 5.64.